The summed E-state index contributed by atoms with van der Waals surface area (Å²) < 4.78 is 10.3. The van der Waals surface area contributed by atoms with Gasteiger partial charge in [0.2, 0.25) is 0 Å². The number of esters is 1. The first kappa shape index (κ1) is 14.9. The van der Waals surface area contributed by atoms with E-state index >= 15 is 0 Å². The lowest BCUT2D eigenvalue weighted by Gasteiger charge is -2.15. The number of halogens is 2. The molecule has 0 aliphatic heterocycles. The van der Waals surface area contributed by atoms with Crippen LogP contribution in [0.3, 0.4) is 0 Å². The highest BCUT2D eigenvalue weighted by atomic mass is 35.5. The first-order valence-corrected chi connectivity index (χ1v) is 6.76. The molecule has 0 spiro atoms. The minimum Gasteiger partial charge on any atom is -0.494 e. The van der Waals surface area contributed by atoms with Crippen molar-refractivity contribution >= 4 is 35.0 Å². The average Bonchev–Trinajstić information content (AvgIpc) is 2.40. The van der Waals surface area contributed by atoms with Crippen LogP contribution < -0.4 is 4.74 Å². The van der Waals surface area contributed by atoms with E-state index in [0.29, 0.717) is 25.0 Å². The van der Waals surface area contributed by atoms with Crippen molar-refractivity contribution in [1.29, 1.82) is 0 Å². The van der Waals surface area contributed by atoms with E-state index in [4.69, 9.17) is 32.7 Å². The van der Waals surface area contributed by atoms with Gasteiger partial charge in [-0.25, -0.2) is 4.79 Å². The van der Waals surface area contributed by atoms with Crippen LogP contribution in [0.4, 0.5) is 0 Å². The third-order valence-corrected chi connectivity index (χ3v) is 3.47. The van der Waals surface area contributed by atoms with Gasteiger partial charge in [-0.2, -0.15) is 0 Å². The zero-order chi connectivity index (χ0) is 14.7. The molecule has 4 nitrogen and oxygen atoms in total. The summed E-state index contributed by atoms with van der Waals surface area (Å²) in [5.41, 5.74) is 0.0561. The van der Waals surface area contributed by atoms with Crippen LogP contribution >= 0.6 is 23.2 Å². The highest BCUT2D eigenvalue weighted by molar-refractivity contribution is 6.37. The zero-order valence-corrected chi connectivity index (χ0v) is 12.3. The summed E-state index contributed by atoms with van der Waals surface area (Å²) in [6, 6.07) is 3.02. The molecule has 106 valence electrons. The van der Waals surface area contributed by atoms with Crippen molar-refractivity contribution in [2.75, 3.05) is 7.11 Å². The summed E-state index contributed by atoms with van der Waals surface area (Å²) in [5, 5.41) is 0.441. The number of rotatable bonds is 3. The Labute approximate surface area is 126 Å². The molecule has 0 atom stereocenters. The van der Waals surface area contributed by atoms with E-state index in [2.05, 4.69) is 0 Å². The van der Waals surface area contributed by atoms with Gasteiger partial charge >= 0.3 is 5.97 Å². The van der Waals surface area contributed by atoms with E-state index in [9.17, 15) is 9.59 Å². The first-order chi connectivity index (χ1) is 9.52. The molecule has 0 unspecified atom stereocenters. The molecule has 1 aliphatic rings. The maximum Gasteiger partial charge on any atom is 0.348 e. The second-order valence-corrected chi connectivity index (χ2v) is 5.07. The number of hydrogen-bond donors (Lipinski definition) is 0. The van der Waals surface area contributed by atoms with Gasteiger partial charge in [-0.05, 0) is 18.6 Å². The number of benzene rings is 1. The minimum absolute atomic E-state index is 0.0526. The lowest BCUT2D eigenvalue weighted by atomic mass is 10.1. The van der Waals surface area contributed by atoms with E-state index in [-0.39, 0.29) is 27.1 Å². The Morgan fingerprint density at radius 1 is 1.20 bits per heavy atom. The maximum atomic E-state index is 12.2. The molecule has 0 amide bonds. The molecule has 1 aromatic carbocycles. The lowest BCUT2D eigenvalue weighted by molar-refractivity contribution is -0.115. The van der Waals surface area contributed by atoms with Crippen LogP contribution in [0.5, 0.6) is 5.75 Å². The van der Waals surface area contributed by atoms with Crippen LogP contribution in [-0.2, 0) is 9.53 Å². The quantitative estimate of drug-likeness (QED) is 0.796. The fourth-order valence-corrected chi connectivity index (χ4v) is 2.39. The Balaban J connectivity index is 2.30. The number of ketones is 1. The summed E-state index contributed by atoms with van der Waals surface area (Å²) in [6.07, 6.45) is 3.02. The predicted molar refractivity (Wildman–Crippen MR) is 75.4 cm³/mol. The number of methoxy groups -OCH3 is 1. The van der Waals surface area contributed by atoms with E-state index < -0.39 is 5.97 Å². The van der Waals surface area contributed by atoms with Crippen LogP contribution in [0.25, 0.3) is 0 Å². The molecule has 0 saturated carbocycles. The summed E-state index contributed by atoms with van der Waals surface area (Å²) in [5.74, 6) is -0.241. The third kappa shape index (κ3) is 3.14. The van der Waals surface area contributed by atoms with Crippen molar-refractivity contribution in [3.8, 4) is 5.75 Å². The number of ether oxygens (including phenoxy) is 2. The van der Waals surface area contributed by atoms with Crippen LogP contribution in [0, 0.1) is 0 Å². The molecule has 0 aromatic heterocycles. The smallest absolute Gasteiger partial charge is 0.348 e. The Kier molecular flexibility index (Phi) is 4.68. The number of allylic oxidation sites excluding steroid dienone is 2. The van der Waals surface area contributed by atoms with Crippen molar-refractivity contribution in [2.24, 2.45) is 0 Å². The lowest BCUT2D eigenvalue weighted by Crippen LogP contribution is -2.12. The van der Waals surface area contributed by atoms with Gasteiger partial charge in [-0.15, -0.1) is 0 Å². The number of hydrogen-bond acceptors (Lipinski definition) is 4. The summed E-state index contributed by atoms with van der Waals surface area (Å²) in [6.45, 7) is 0. The van der Waals surface area contributed by atoms with E-state index in [1.54, 1.807) is 0 Å². The Bertz CT molecular complexity index is 593. The van der Waals surface area contributed by atoms with Gasteiger partial charge in [-0.1, -0.05) is 23.2 Å². The minimum atomic E-state index is -0.685. The second-order valence-electron chi connectivity index (χ2n) is 4.26. The van der Waals surface area contributed by atoms with Crippen molar-refractivity contribution in [3.05, 3.63) is 39.6 Å². The van der Waals surface area contributed by atoms with Crippen molar-refractivity contribution in [3.63, 3.8) is 0 Å². The largest absolute Gasteiger partial charge is 0.494 e. The fourth-order valence-electron chi connectivity index (χ4n) is 1.93. The monoisotopic (exact) mass is 314 g/mol. The molecule has 0 N–H and O–H groups in total. The van der Waals surface area contributed by atoms with Gasteiger partial charge in [0.1, 0.15) is 11.3 Å². The topological polar surface area (TPSA) is 52.6 Å². The van der Waals surface area contributed by atoms with Crippen molar-refractivity contribution in [2.45, 2.75) is 19.3 Å². The highest BCUT2D eigenvalue weighted by Gasteiger charge is 2.23. The average molecular weight is 315 g/mol. The first-order valence-electron chi connectivity index (χ1n) is 6.00. The standard InChI is InChI=1S/C14H12Cl2O4/c1-19-13-11(16)6-5-10(15)12(13)14(18)20-9-4-2-3-8(17)7-9/h5-7H,2-4H2,1H3. The van der Waals surface area contributed by atoms with Gasteiger partial charge in [0, 0.05) is 18.9 Å². The van der Waals surface area contributed by atoms with Crippen LogP contribution in [0.2, 0.25) is 10.0 Å². The van der Waals surface area contributed by atoms with Crippen LogP contribution in [0.15, 0.2) is 24.0 Å². The number of carbonyl (C=O) groups is 2. The molecule has 1 aliphatic carbocycles. The molecule has 20 heavy (non-hydrogen) atoms. The molecule has 0 heterocycles. The van der Waals surface area contributed by atoms with Gasteiger partial charge in [0.05, 0.1) is 17.2 Å². The van der Waals surface area contributed by atoms with E-state index in [1.807, 2.05) is 0 Å². The summed E-state index contributed by atoms with van der Waals surface area (Å²) in [4.78, 5) is 23.5. The van der Waals surface area contributed by atoms with Crippen molar-refractivity contribution in [1.82, 2.24) is 0 Å². The van der Waals surface area contributed by atoms with E-state index in [1.165, 1.54) is 25.3 Å². The van der Waals surface area contributed by atoms with Gasteiger partial charge < -0.3 is 9.47 Å². The van der Waals surface area contributed by atoms with Gasteiger partial charge in [0.15, 0.2) is 11.5 Å². The van der Waals surface area contributed by atoms with Gasteiger partial charge in [-0.3, -0.25) is 4.79 Å². The normalized spacial score (nSPS) is 14.8. The van der Waals surface area contributed by atoms with Gasteiger partial charge in [0.25, 0.3) is 0 Å². The SMILES string of the molecule is COc1c(Cl)ccc(Cl)c1C(=O)OC1=CC(=O)CCC1. The molecule has 0 radical (unpaired) electrons. The molecule has 0 saturated heterocycles. The Morgan fingerprint density at radius 3 is 2.55 bits per heavy atom. The zero-order valence-electron chi connectivity index (χ0n) is 10.7. The molecular formula is C14H12Cl2O4. The molecular weight excluding hydrogens is 303 g/mol. The van der Waals surface area contributed by atoms with Crippen molar-refractivity contribution < 1.29 is 19.1 Å². The molecule has 2 rings (SSSR count). The molecule has 1 aromatic rings. The third-order valence-electron chi connectivity index (χ3n) is 2.86. The van der Waals surface area contributed by atoms with Crippen LogP contribution in [0.1, 0.15) is 29.6 Å². The molecule has 6 heteroatoms. The predicted octanol–water partition coefficient (Wildman–Crippen LogP) is 3.80. The summed E-state index contributed by atoms with van der Waals surface area (Å²) in [7, 11) is 1.39. The maximum absolute atomic E-state index is 12.2. The fraction of sp³-hybridized carbons (Fsp3) is 0.286. The Hall–Kier alpha value is -1.52. The summed E-state index contributed by atoms with van der Waals surface area (Å²) >= 11 is 11.9. The van der Waals surface area contributed by atoms with E-state index in [0.717, 1.165) is 0 Å². The molecule has 0 bridgehead atoms. The number of carbonyl (C=O) groups excluding carboxylic acids is 2. The highest BCUT2D eigenvalue weighted by Crippen LogP contribution is 2.35. The second kappa shape index (κ2) is 6.29. The molecule has 0 fully saturated rings. The Morgan fingerprint density at radius 2 is 1.90 bits per heavy atom. The van der Waals surface area contributed by atoms with Crippen LogP contribution in [-0.4, -0.2) is 18.9 Å².